The van der Waals surface area contributed by atoms with E-state index in [-0.39, 0.29) is 11.6 Å². The molecule has 0 aliphatic heterocycles. The standard InChI is InChI=1S/C17H30O4Si/c1-8-9-10-12-15(13-11-14-20-16(18)19-5)21-22(6,7)17(2,3)4/h8,11-13H,1,9-10,14H2,2-7H3/b13-11+,15-12-. The van der Waals surface area contributed by atoms with Crippen molar-refractivity contribution in [1.29, 1.82) is 0 Å². The zero-order chi connectivity index (χ0) is 17.2. The van der Waals surface area contributed by atoms with Gasteiger partial charge in [-0.3, -0.25) is 0 Å². The Kier molecular flexibility index (Phi) is 8.86. The first-order valence-corrected chi connectivity index (χ1v) is 10.4. The van der Waals surface area contributed by atoms with Crippen LogP contribution in [0, 0.1) is 0 Å². The maximum Gasteiger partial charge on any atom is 0.508 e. The number of allylic oxidation sites excluding steroid dienone is 3. The van der Waals surface area contributed by atoms with Crippen molar-refractivity contribution >= 4 is 14.5 Å². The minimum Gasteiger partial charge on any atom is -0.544 e. The van der Waals surface area contributed by atoms with Crippen LogP contribution in [0.3, 0.4) is 0 Å². The second-order valence-electron chi connectivity index (χ2n) is 6.50. The summed E-state index contributed by atoms with van der Waals surface area (Å²) in [6, 6.07) is 0. The number of rotatable bonds is 8. The molecule has 4 nitrogen and oxygen atoms in total. The predicted molar refractivity (Wildman–Crippen MR) is 93.3 cm³/mol. The van der Waals surface area contributed by atoms with Crippen LogP contribution in [0.1, 0.15) is 33.6 Å². The number of carbonyl (C=O) groups excluding carboxylic acids is 1. The summed E-state index contributed by atoms with van der Waals surface area (Å²) in [5.74, 6) is 0.821. The van der Waals surface area contributed by atoms with Crippen LogP contribution in [0.5, 0.6) is 0 Å². The molecular formula is C17H30O4Si. The molecule has 22 heavy (non-hydrogen) atoms. The summed E-state index contributed by atoms with van der Waals surface area (Å²) in [6.45, 7) is 14.9. The van der Waals surface area contributed by atoms with Gasteiger partial charge in [0.2, 0.25) is 8.32 Å². The Morgan fingerprint density at radius 1 is 1.23 bits per heavy atom. The van der Waals surface area contributed by atoms with Gasteiger partial charge < -0.3 is 13.9 Å². The lowest BCUT2D eigenvalue weighted by Gasteiger charge is -2.36. The summed E-state index contributed by atoms with van der Waals surface area (Å²) in [5, 5.41) is 0.126. The summed E-state index contributed by atoms with van der Waals surface area (Å²) in [5.41, 5.74) is 0. The Labute approximate surface area is 136 Å². The SMILES string of the molecule is C=CCC/C=C(/C=C/COC(=O)OC)O[Si](C)(C)C(C)(C)C. The molecule has 0 N–H and O–H groups in total. The summed E-state index contributed by atoms with van der Waals surface area (Å²) >= 11 is 0. The van der Waals surface area contributed by atoms with Crippen molar-refractivity contribution in [3.8, 4) is 0 Å². The van der Waals surface area contributed by atoms with Crippen LogP contribution in [-0.2, 0) is 13.9 Å². The van der Waals surface area contributed by atoms with Crippen molar-refractivity contribution in [3.05, 3.63) is 36.6 Å². The minimum atomic E-state index is -1.89. The van der Waals surface area contributed by atoms with E-state index >= 15 is 0 Å². The lowest BCUT2D eigenvalue weighted by atomic mass is 10.2. The van der Waals surface area contributed by atoms with Crippen molar-refractivity contribution < 1.29 is 18.7 Å². The van der Waals surface area contributed by atoms with E-state index in [9.17, 15) is 4.79 Å². The lowest BCUT2D eigenvalue weighted by molar-refractivity contribution is 0.0817. The highest BCUT2D eigenvalue weighted by Gasteiger charge is 2.39. The largest absolute Gasteiger partial charge is 0.544 e. The van der Waals surface area contributed by atoms with Gasteiger partial charge in [-0.2, -0.15) is 0 Å². The maximum absolute atomic E-state index is 10.9. The van der Waals surface area contributed by atoms with Gasteiger partial charge in [0.15, 0.2) is 0 Å². The van der Waals surface area contributed by atoms with Crippen molar-refractivity contribution in [2.45, 2.75) is 51.7 Å². The van der Waals surface area contributed by atoms with Gasteiger partial charge in [0, 0.05) is 0 Å². The zero-order valence-electron chi connectivity index (χ0n) is 14.8. The first-order valence-electron chi connectivity index (χ1n) is 7.51. The molecule has 0 spiro atoms. The van der Waals surface area contributed by atoms with Crippen LogP contribution < -0.4 is 0 Å². The Balaban J connectivity index is 4.84. The van der Waals surface area contributed by atoms with Gasteiger partial charge in [-0.25, -0.2) is 4.79 Å². The second-order valence-corrected chi connectivity index (χ2v) is 11.2. The van der Waals surface area contributed by atoms with Crippen molar-refractivity contribution in [2.75, 3.05) is 13.7 Å². The van der Waals surface area contributed by atoms with E-state index < -0.39 is 14.5 Å². The van der Waals surface area contributed by atoms with E-state index in [4.69, 9.17) is 9.16 Å². The summed E-state index contributed by atoms with van der Waals surface area (Å²) in [4.78, 5) is 10.9. The average Bonchev–Trinajstić information content (AvgIpc) is 2.41. The molecule has 0 amide bonds. The molecular weight excluding hydrogens is 296 g/mol. The molecule has 126 valence electrons. The van der Waals surface area contributed by atoms with Gasteiger partial charge >= 0.3 is 6.16 Å². The zero-order valence-corrected chi connectivity index (χ0v) is 15.8. The topological polar surface area (TPSA) is 44.8 Å². The number of unbranched alkanes of at least 4 members (excludes halogenated alkanes) is 1. The first-order chi connectivity index (χ1) is 10.1. The Morgan fingerprint density at radius 2 is 1.86 bits per heavy atom. The third-order valence-electron chi connectivity index (χ3n) is 3.64. The predicted octanol–water partition coefficient (Wildman–Crippen LogP) is 5.20. The molecule has 0 aromatic rings. The highest BCUT2D eigenvalue weighted by Crippen LogP contribution is 2.38. The molecule has 0 heterocycles. The van der Waals surface area contributed by atoms with Gasteiger partial charge in [-0.1, -0.05) is 26.8 Å². The van der Waals surface area contributed by atoms with E-state index in [1.165, 1.54) is 7.11 Å². The fourth-order valence-electron chi connectivity index (χ4n) is 1.27. The minimum absolute atomic E-state index is 0.126. The molecule has 0 unspecified atom stereocenters. The smallest absolute Gasteiger partial charge is 0.508 e. The van der Waals surface area contributed by atoms with Crippen molar-refractivity contribution in [3.63, 3.8) is 0 Å². The van der Waals surface area contributed by atoms with Crippen LogP contribution in [0.15, 0.2) is 36.6 Å². The second kappa shape index (κ2) is 9.51. The summed E-state index contributed by atoms with van der Waals surface area (Å²) in [6.07, 6.45) is 8.62. The van der Waals surface area contributed by atoms with Crippen molar-refractivity contribution in [2.24, 2.45) is 0 Å². The molecule has 0 saturated heterocycles. The van der Waals surface area contributed by atoms with Crippen LogP contribution >= 0.6 is 0 Å². The molecule has 0 fully saturated rings. The van der Waals surface area contributed by atoms with Gasteiger partial charge in [0.25, 0.3) is 0 Å². The first kappa shape index (κ1) is 20.5. The Morgan fingerprint density at radius 3 is 2.36 bits per heavy atom. The normalized spacial score (nSPS) is 13.1. The van der Waals surface area contributed by atoms with Crippen LogP contribution in [0.4, 0.5) is 4.79 Å². The molecule has 5 heteroatoms. The lowest BCUT2D eigenvalue weighted by Crippen LogP contribution is -2.40. The number of methoxy groups -OCH3 is 1. The number of hydrogen-bond acceptors (Lipinski definition) is 4. The van der Waals surface area contributed by atoms with E-state index in [0.717, 1.165) is 18.6 Å². The van der Waals surface area contributed by atoms with Gasteiger partial charge in [0.05, 0.1) is 12.9 Å². The van der Waals surface area contributed by atoms with Gasteiger partial charge in [-0.15, -0.1) is 6.58 Å². The Bertz CT molecular complexity index is 417. The van der Waals surface area contributed by atoms with E-state index in [1.807, 2.05) is 12.2 Å². The highest BCUT2D eigenvalue weighted by atomic mass is 28.4. The van der Waals surface area contributed by atoms with E-state index in [2.05, 4.69) is 51.3 Å². The van der Waals surface area contributed by atoms with Crippen molar-refractivity contribution in [1.82, 2.24) is 0 Å². The fraction of sp³-hybridized carbons (Fsp3) is 0.588. The van der Waals surface area contributed by atoms with E-state index in [1.54, 1.807) is 6.08 Å². The molecule has 0 aliphatic rings. The molecule has 0 aliphatic carbocycles. The van der Waals surface area contributed by atoms with E-state index in [0.29, 0.717) is 0 Å². The Hall–Kier alpha value is -1.49. The van der Waals surface area contributed by atoms with Crippen LogP contribution in [0.25, 0.3) is 0 Å². The van der Waals surface area contributed by atoms with Crippen LogP contribution in [-0.4, -0.2) is 28.2 Å². The monoisotopic (exact) mass is 326 g/mol. The quantitative estimate of drug-likeness (QED) is 0.154. The highest BCUT2D eigenvalue weighted by molar-refractivity contribution is 6.74. The number of ether oxygens (including phenoxy) is 2. The van der Waals surface area contributed by atoms with Crippen LogP contribution in [0.2, 0.25) is 18.1 Å². The van der Waals surface area contributed by atoms with Gasteiger partial charge in [0.1, 0.15) is 6.61 Å². The average molecular weight is 327 g/mol. The van der Waals surface area contributed by atoms with Gasteiger partial charge in [-0.05, 0) is 49.2 Å². The fourth-order valence-corrected chi connectivity index (χ4v) is 2.32. The summed E-state index contributed by atoms with van der Waals surface area (Å²) < 4.78 is 15.5. The molecule has 0 atom stereocenters. The molecule has 0 aromatic carbocycles. The molecule has 0 radical (unpaired) electrons. The maximum atomic E-state index is 10.9. The molecule has 0 bridgehead atoms. The molecule has 0 rings (SSSR count). The molecule has 0 saturated carbocycles. The number of hydrogen-bond donors (Lipinski definition) is 0. The number of carbonyl (C=O) groups is 1. The summed E-state index contributed by atoms with van der Waals surface area (Å²) in [7, 11) is -0.610. The third kappa shape index (κ3) is 8.07. The molecule has 0 aromatic heterocycles. The third-order valence-corrected chi connectivity index (χ3v) is 8.00.